The van der Waals surface area contributed by atoms with E-state index in [-0.39, 0.29) is 35.3 Å². The van der Waals surface area contributed by atoms with Crippen LogP contribution in [0, 0.1) is 6.92 Å². The maximum atomic E-state index is 13.8. The van der Waals surface area contributed by atoms with Crippen LogP contribution in [0.15, 0.2) is 71.8 Å². The first-order chi connectivity index (χ1) is 17.0. The van der Waals surface area contributed by atoms with Crippen molar-refractivity contribution < 1.29 is 13.2 Å². The zero-order valence-corrected chi connectivity index (χ0v) is 22.8. The SMILES string of the molecule is CCCN(CC(=O)N1CCn2cccc2C1c1ccc(C(C)(C)C)cc1)S(=O)(=O)c1ccc(C)cc1. The highest BCUT2D eigenvalue weighted by molar-refractivity contribution is 7.89. The van der Waals surface area contributed by atoms with Gasteiger partial charge in [-0.1, -0.05) is 69.7 Å². The number of hydrogen-bond acceptors (Lipinski definition) is 3. The molecule has 0 fully saturated rings. The van der Waals surface area contributed by atoms with Crippen LogP contribution in [-0.4, -0.2) is 47.7 Å². The van der Waals surface area contributed by atoms with Crippen molar-refractivity contribution in [1.29, 1.82) is 0 Å². The Morgan fingerprint density at radius 3 is 2.28 bits per heavy atom. The van der Waals surface area contributed by atoms with E-state index in [4.69, 9.17) is 0 Å². The Morgan fingerprint density at radius 2 is 1.67 bits per heavy atom. The molecular formula is C29H37N3O3S. The van der Waals surface area contributed by atoms with Gasteiger partial charge in [0.2, 0.25) is 15.9 Å². The Balaban J connectivity index is 1.65. The van der Waals surface area contributed by atoms with Gasteiger partial charge in [-0.25, -0.2) is 8.42 Å². The Morgan fingerprint density at radius 1 is 1.00 bits per heavy atom. The van der Waals surface area contributed by atoms with Crippen molar-refractivity contribution in [3.63, 3.8) is 0 Å². The molecule has 1 aliphatic heterocycles. The van der Waals surface area contributed by atoms with Gasteiger partial charge >= 0.3 is 0 Å². The topological polar surface area (TPSA) is 62.6 Å². The van der Waals surface area contributed by atoms with Gasteiger partial charge in [0.1, 0.15) is 0 Å². The second kappa shape index (κ2) is 10.2. The molecule has 2 aromatic carbocycles. The van der Waals surface area contributed by atoms with Gasteiger partial charge in [0, 0.05) is 31.5 Å². The molecular weight excluding hydrogens is 470 g/mol. The Hall–Kier alpha value is -2.90. The molecule has 1 amide bonds. The number of nitrogens with zero attached hydrogens (tertiary/aromatic N) is 3. The van der Waals surface area contributed by atoms with E-state index in [0.29, 0.717) is 19.5 Å². The first-order valence-electron chi connectivity index (χ1n) is 12.6. The fourth-order valence-corrected chi connectivity index (χ4v) is 6.28. The summed E-state index contributed by atoms with van der Waals surface area (Å²) in [6.45, 7) is 11.7. The third-order valence-corrected chi connectivity index (χ3v) is 8.75. The number of amides is 1. The lowest BCUT2D eigenvalue weighted by Gasteiger charge is -2.38. The molecule has 0 saturated carbocycles. The van der Waals surface area contributed by atoms with Crippen molar-refractivity contribution in [2.75, 3.05) is 19.6 Å². The number of hydrogen-bond donors (Lipinski definition) is 0. The van der Waals surface area contributed by atoms with Crippen LogP contribution in [0.5, 0.6) is 0 Å². The summed E-state index contributed by atoms with van der Waals surface area (Å²) in [6, 6.07) is 19.1. The maximum Gasteiger partial charge on any atom is 0.243 e. The molecule has 1 aliphatic rings. The van der Waals surface area contributed by atoms with Gasteiger partial charge in [-0.2, -0.15) is 4.31 Å². The van der Waals surface area contributed by atoms with Crippen molar-refractivity contribution in [2.45, 2.75) is 63.9 Å². The fraction of sp³-hybridized carbons (Fsp3) is 0.414. The van der Waals surface area contributed by atoms with E-state index in [1.807, 2.05) is 31.0 Å². The smallest absolute Gasteiger partial charge is 0.243 e. The Bertz CT molecular complexity index is 1300. The molecule has 6 nitrogen and oxygen atoms in total. The van der Waals surface area contributed by atoms with Gasteiger partial charge in [-0.3, -0.25) is 4.79 Å². The van der Waals surface area contributed by atoms with Gasteiger partial charge in [0.15, 0.2) is 0 Å². The number of carbonyl (C=O) groups excluding carboxylic acids is 1. The van der Waals surface area contributed by atoms with Gasteiger partial charge in [-0.05, 0) is 54.2 Å². The maximum absolute atomic E-state index is 13.8. The second-order valence-corrected chi connectivity index (χ2v) is 12.6. The van der Waals surface area contributed by atoms with Gasteiger partial charge in [0.25, 0.3) is 0 Å². The number of sulfonamides is 1. The number of benzene rings is 2. The lowest BCUT2D eigenvalue weighted by atomic mass is 9.86. The van der Waals surface area contributed by atoms with Crippen molar-refractivity contribution in [3.8, 4) is 0 Å². The average molecular weight is 508 g/mol. The van der Waals surface area contributed by atoms with E-state index in [2.05, 4.69) is 55.7 Å². The lowest BCUT2D eigenvalue weighted by Crippen LogP contribution is -2.48. The summed E-state index contributed by atoms with van der Waals surface area (Å²) in [6.07, 6.45) is 2.66. The summed E-state index contributed by atoms with van der Waals surface area (Å²) >= 11 is 0. The third-order valence-electron chi connectivity index (χ3n) is 6.89. The summed E-state index contributed by atoms with van der Waals surface area (Å²) in [7, 11) is -3.79. The minimum Gasteiger partial charge on any atom is -0.348 e. The number of carbonyl (C=O) groups is 1. The first-order valence-corrected chi connectivity index (χ1v) is 14.1. The fourth-order valence-electron chi connectivity index (χ4n) is 4.80. The summed E-state index contributed by atoms with van der Waals surface area (Å²) in [5, 5.41) is 0. The molecule has 0 N–H and O–H groups in total. The first kappa shape index (κ1) is 26.2. The predicted octanol–water partition coefficient (Wildman–Crippen LogP) is 5.13. The van der Waals surface area contributed by atoms with Crippen LogP contribution in [0.25, 0.3) is 0 Å². The molecule has 0 radical (unpaired) electrons. The van der Waals surface area contributed by atoms with E-state index in [1.165, 1.54) is 9.87 Å². The molecule has 0 bridgehead atoms. The van der Waals surface area contributed by atoms with E-state index < -0.39 is 10.0 Å². The standard InChI is InChI=1S/C29H37N3O3S/c1-6-17-31(36(34,35)25-15-9-22(2)10-16-25)21-27(33)32-20-19-30-18-7-8-26(30)28(32)23-11-13-24(14-12-23)29(3,4)5/h7-16,18,28H,6,17,19-21H2,1-5H3. The Kier molecular flexibility index (Phi) is 7.43. The van der Waals surface area contributed by atoms with Crippen LogP contribution >= 0.6 is 0 Å². The van der Waals surface area contributed by atoms with Crippen LogP contribution in [0.4, 0.5) is 0 Å². The van der Waals surface area contributed by atoms with Crippen LogP contribution in [0.2, 0.25) is 0 Å². The monoisotopic (exact) mass is 507 g/mol. The second-order valence-electron chi connectivity index (χ2n) is 10.6. The zero-order valence-electron chi connectivity index (χ0n) is 21.9. The highest BCUT2D eigenvalue weighted by atomic mass is 32.2. The van der Waals surface area contributed by atoms with E-state index in [9.17, 15) is 13.2 Å². The number of rotatable bonds is 7. The molecule has 3 aromatic rings. The van der Waals surface area contributed by atoms with Crippen molar-refractivity contribution >= 4 is 15.9 Å². The summed E-state index contributed by atoms with van der Waals surface area (Å²) in [5.74, 6) is -0.184. The van der Waals surface area contributed by atoms with Crippen LogP contribution in [0.3, 0.4) is 0 Å². The molecule has 4 rings (SSSR count). The Labute approximate surface area is 215 Å². The van der Waals surface area contributed by atoms with E-state index >= 15 is 0 Å². The van der Waals surface area contributed by atoms with Crippen LogP contribution < -0.4 is 0 Å². The van der Waals surface area contributed by atoms with Crippen molar-refractivity contribution in [1.82, 2.24) is 13.8 Å². The van der Waals surface area contributed by atoms with Crippen LogP contribution in [0.1, 0.15) is 62.5 Å². The molecule has 36 heavy (non-hydrogen) atoms. The number of aromatic nitrogens is 1. The predicted molar refractivity (Wildman–Crippen MR) is 143 cm³/mol. The zero-order chi connectivity index (χ0) is 26.1. The summed E-state index contributed by atoms with van der Waals surface area (Å²) in [5.41, 5.74) is 4.32. The van der Waals surface area contributed by atoms with E-state index in [1.54, 1.807) is 24.3 Å². The third kappa shape index (κ3) is 5.27. The number of fused-ring (bicyclic) bond motifs is 1. The van der Waals surface area contributed by atoms with Gasteiger partial charge < -0.3 is 9.47 Å². The molecule has 2 heterocycles. The minimum absolute atomic E-state index is 0.0335. The van der Waals surface area contributed by atoms with E-state index in [0.717, 1.165) is 16.8 Å². The van der Waals surface area contributed by atoms with Crippen LogP contribution in [-0.2, 0) is 26.8 Å². The molecule has 0 saturated heterocycles. The molecule has 1 unspecified atom stereocenters. The lowest BCUT2D eigenvalue weighted by molar-refractivity contribution is -0.134. The van der Waals surface area contributed by atoms with Crippen molar-refractivity contribution in [3.05, 3.63) is 89.2 Å². The summed E-state index contributed by atoms with van der Waals surface area (Å²) < 4.78 is 30.4. The van der Waals surface area contributed by atoms with Gasteiger partial charge in [-0.15, -0.1) is 0 Å². The largest absolute Gasteiger partial charge is 0.348 e. The average Bonchev–Trinajstić information content (AvgIpc) is 3.32. The highest BCUT2D eigenvalue weighted by Crippen LogP contribution is 2.34. The normalized spacial score (nSPS) is 16.3. The minimum atomic E-state index is -3.79. The molecule has 1 atom stereocenters. The quantitative estimate of drug-likeness (QED) is 0.446. The summed E-state index contributed by atoms with van der Waals surface area (Å²) in [4.78, 5) is 15.8. The highest BCUT2D eigenvalue weighted by Gasteiger charge is 2.35. The molecule has 0 aliphatic carbocycles. The van der Waals surface area contributed by atoms with Crippen molar-refractivity contribution in [2.24, 2.45) is 0 Å². The molecule has 0 spiro atoms. The molecule has 7 heteroatoms. The van der Waals surface area contributed by atoms with Gasteiger partial charge in [0.05, 0.1) is 17.5 Å². The molecule has 1 aromatic heterocycles. The molecule has 192 valence electrons. The number of aryl methyl sites for hydroxylation is 1.